The lowest BCUT2D eigenvalue weighted by Crippen LogP contribution is -2.29. The van der Waals surface area contributed by atoms with Crippen molar-refractivity contribution >= 4 is 11.6 Å². The predicted molar refractivity (Wildman–Crippen MR) is 67.6 cm³/mol. The molecule has 0 amide bonds. The molecule has 0 atom stereocenters. The monoisotopic (exact) mass is 254 g/mol. The minimum atomic E-state index is -0.618. The van der Waals surface area contributed by atoms with Gasteiger partial charge in [-0.25, -0.2) is 4.79 Å². The van der Waals surface area contributed by atoms with Crippen LogP contribution in [0.4, 0.5) is 0 Å². The molecule has 1 aliphatic carbocycles. The van der Waals surface area contributed by atoms with Gasteiger partial charge in [0.15, 0.2) is 5.78 Å². The molecule has 1 heterocycles. The van der Waals surface area contributed by atoms with E-state index in [2.05, 4.69) is 9.97 Å². The van der Waals surface area contributed by atoms with Crippen LogP contribution in [-0.2, 0) is 0 Å². The Morgan fingerprint density at radius 3 is 2.47 bits per heavy atom. The number of benzene rings is 1. The zero-order chi connectivity index (χ0) is 13.7. The highest BCUT2D eigenvalue weighted by Gasteiger charge is 2.32. The van der Waals surface area contributed by atoms with Crippen molar-refractivity contribution in [3.8, 4) is 0 Å². The van der Waals surface area contributed by atoms with Gasteiger partial charge >= 0.3 is 5.69 Å². The van der Waals surface area contributed by atoms with Crippen molar-refractivity contribution < 1.29 is 9.59 Å². The lowest BCUT2D eigenvalue weighted by molar-refractivity contribution is 0.0973. The van der Waals surface area contributed by atoms with Crippen molar-refractivity contribution in [2.45, 2.75) is 13.8 Å². The molecule has 5 heteroatoms. The van der Waals surface area contributed by atoms with Crippen molar-refractivity contribution in [3.63, 3.8) is 0 Å². The van der Waals surface area contributed by atoms with Crippen LogP contribution in [0.1, 0.15) is 43.2 Å². The Morgan fingerprint density at radius 1 is 1.00 bits per heavy atom. The number of hydrogen-bond acceptors (Lipinski definition) is 4. The molecule has 1 aliphatic rings. The lowest BCUT2D eigenvalue weighted by Gasteiger charge is -2.17. The highest BCUT2D eigenvalue weighted by molar-refractivity contribution is 6.28. The van der Waals surface area contributed by atoms with Crippen LogP contribution in [0.5, 0.6) is 0 Å². The molecule has 1 aromatic heterocycles. The number of aromatic amines is 1. The van der Waals surface area contributed by atoms with Crippen LogP contribution in [0.2, 0.25) is 0 Å². The molecule has 0 radical (unpaired) electrons. The number of fused-ring (bicyclic) bond motifs is 2. The highest BCUT2D eigenvalue weighted by atomic mass is 16.2. The fourth-order valence-electron chi connectivity index (χ4n) is 2.33. The molecule has 0 aliphatic heterocycles. The fourth-order valence-corrected chi connectivity index (χ4v) is 2.33. The van der Waals surface area contributed by atoms with Crippen molar-refractivity contribution in [2.75, 3.05) is 0 Å². The van der Waals surface area contributed by atoms with E-state index in [4.69, 9.17) is 0 Å². The highest BCUT2D eigenvalue weighted by Crippen LogP contribution is 2.27. The quantitative estimate of drug-likeness (QED) is 0.653. The molecule has 1 N–H and O–H groups in total. The van der Waals surface area contributed by atoms with E-state index < -0.39 is 5.69 Å². The largest absolute Gasteiger partial charge is 0.345 e. The number of nitrogens with one attached hydrogen (secondary N) is 1. The minimum absolute atomic E-state index is 0.0531. The second-order valence-corrected chi connectivity index (χ2v) is 4.60. The van der Waals surface area contributed by atoms with E-state index in [1.54, 1.807) is 25.1 Å². The van der Waals surface area contributed by atoms with Crippen molar-refractivity contribution in [3.05, 3.63) is 62.3 Å². The summed E-state index contributed by atoms with van der Waals surface area (Å²) in [5, 5.41) is 0. The van der Waals surface area contributed by atoms with Gasteiger partial charge in [0, 0.05) is 16.8 Å². The van der Waals surface area contributed by atoms with Crippen molar-refractivity contribution in [1.82, 2.24) is 9.97 Å². The summed E-state index contributed by atoms with van der Waals surface area (Å²) in [6, 6.07) is 5.05. The Hall–Kier alpha value is -2.56. The molecule has 0 saturated carbocycles. The van der Waals surface area contributed by atoms with Crippen LogP contribution in [0.25, 0.3) is 0 Å². The molecule has 1 aromatic carbocycles. The average molecular weight is 254 g/mol. The van der Waals surface area contributed by atoms with Crippen LogP contribution >= 0.6 is 0 Å². The number of carbonyl (C=O) groups is 2. The summed E-state index contributed by atoms with van der Waals surface area (Å²) in [4.78, 5) is 42.2. The average Bonchev–Trinajstić information content (AvgIpc) is 2.35. The van der Waals surface area contributed by atoms with Gasteiger partial charge in [-0.2, -0.15) is 4.98 Å². The molecule has 2 aromatic rings. The molecule has 94 valence electrons. The number of aromatic nitrogens is 2. The minimum Gasteiger partial charge on any atom is -0.309 e. The number of carbonyl (C=O) groups excluding carboxylic acids is 2. The second kappa shape index (κ2) is 3.71. The molecule has 3 rings (SSSR count). The Kier molecular flexibility index (Phi) is 2.25. The zero-order valence-corrected chi connectivity index (χ0v) is 10.4. The number of H-pyrrole nitrogens is 1. The van der Waals surface area contributed by atoms with E-state index in [0.717, 1.165) is 5.56 Å². The topological polar surface area (TPSA) is 79.9 Å². The summed E-state index contributed by atoms with van der Waals surface area (Å²) in [5.74, 6) is -0.645. The van der Waals surface area contributed by atoms with Gasteiger partial charge in [0.25, 0.3) is 0 Å². The zero-order valence-electron chi connectivity index (χ0n) is 10.4. The lowest BCUT2D eigenvalue weighted by atomic mass is 9.85. The third kappa shape index (κ3) is 1.55. The summed E-state index contributed by atoms with van der Waals surface area (Å²) in [7, 11) is 0. The third-order valence-corrected chi connectivity index (χ3v) is 3.23. The van der Waals surface area contributed by atoms with Crippen LogP contribution in [0.3, 0.4) is 0 Å². The first-order valence-corrected chi connectivity index (χ1v) is 5.80. The van der Waals surface area contributed by atoms with Crippen molar-refractivity contribution in [1.29, 1.82) is 0 Å². The van der Waals surface area contributed by atoms with Gasteiger partial charge in [-0.05, 0) is 26.0 Å². The molecule has 0 unspecified atom stereocenters. The third-order valence-electron chi connectivity index (χ3n) is 3.23. The van der Waals surface area contributed by atoms with Crippen molar-refractivity contribution in [2.24, 2.45) is 0 Å². The van der Waals surface area contributed by atoms with Crippen LogP contribution in [-0.4, -0.2) is 21.5 Å². The standard InChI is InChI=1S/C14H10N2O3/c1-6-3-4-8-9(5-6)12(17)10-7(2)15-14(19)16-11(10)13(8)18/h3-5H,1-2H3,(H,15,16,19). The summed E-state index contributed by atoms with van der Waals surface area (Å²) in [6.07, 6.45) is 0. The van der Waals surface area contributed by atoms with Gasteiger partial charge in [-0.1, -0.05) is 11.6 Å². The van der Waals surface area contributed by atoms with Gasteiger partial charge in [0.1, 0.15) is 5.69 Å². The molecule has 0 fully saturated rings. The van der Waals surface area contributed by atoms with Crippen LogP contribution in [0, 0.1) is 13.8 Å². The molecular weight excluding hydrogens is 244 g/mol. The second-order valence-electron chi connectivity index (χ2n) is 4.60. The Balaban J connectivity index is 2.39. The summed E-state index contributed by atoms with van der Waals surface area (Å²) >= 11 is 0. The smallest absolute Gasteiger partial charge is 0.309 e. The van der Waals surface area contributed by atoms with Gasteiger partial charge in [-0.3, -0.25) is 9.59 Å². The SMILES string of the molecule is Cc1ccc2c(c1)C(=O)c1c(nc(=O)[nH]c1C)C2=O. The van der Waals surface area contributed by atoms with E-state index in [0.29, 0.717) is 16.8 Å². The first kappa shape index (κ1) is 11.5. The van der Waals surface area contributed by atoms with Crippen LogP contribution < -0.4 is 5.69 Å². The Labute approximate surface area is 108 Å². The van der Waals surface area contributed by atoms with Crippen LogP contribution in [0.15, 0.2) is 23.0 Å². The van der Waals surface area contributed by atoms with E-state index in [-0.39, 0.29) is 22.8 Å². The van der Waals surface area contributed by atoms with E-state index in [9.17, 15) is 14.4 Å². The molecule has 0 bridgehead atoms. The number of rotatable bonds is 0. The van der Waals surface area contributed by atoms with Gasteiger partial charge in [0.05, 0.1) is 5.56 Å². The molecular formula is C14H10N2O3. The van der Waals surface area contributed by atoms with E-state index >= 15 is 0 Å². The fraction of sp³-hybridized carbons (Fsp3) is 0.143. The summed E-state index contributed by atoms with van der Waals surface area (Å²) in [6.45, 7) is 3.44. The van der Waals surface area contributed by atoms with Gasteiger partial charge in [0.2, 0.25) is 5.78 Å². The maximum Gasteiger partial charge on any atom is 0.345 e. The van der Waals surface area contributed by atoms with Gasteiger partial charge < -0.3 is 4.98 Å². The van der Waals surface area contributed by atoms with E-state index in [1.165, 1.54) is 0 Å². The predicted octanol–water partition coefficient (Wildman–Crippen LogP) is 1.16. The molecule has 5 nitrogen and oxygen atoms in total. The number of ketones is 2. The number of aryl methyl sites for hydroxylation is 2. The molecule has 19 heavy (non-hydrogen) atoms. The van der Waals surface area contributed by atoms with Gasteiger partial charge in [-0.15, -0.1) is 0 Å². The molecule has 0 spiro atoms. The number of hydrogen-bond donors (Lipinski definition) is 1. The van der Waals surface area contributed by atoms with E-state index in [1.807, 2.05) is 6.92 Å². The normalized spacial score (nSPS) is 13.2. The summed E-state index contributed by atoms with van der Waals surface area (Å²) in [5.41, 5.74) is 1.48. The Bertz CT molecular complexity index is 803. The first-order valence-electron chi connectivity index (χ1n) is 5.80. The Morgan fingerprint density at radius 2 is 1.74 bits per heavy atom. The summed E-state index contributed by atoms with van der Waals surface area (Å²) < 4.78 is 0. The maximum atomic E-state index is 12.4. The maximum absolute atomic E-state index is 12.4. The molecule has 0 saturated heterocycles. The first-order chi connectivity index (χ1) is 8.99. The number of nitrogens with zero attached hydrogens (tertiary/aromatic N) is 1.